The molecule has 1 amide bonds. The van der Waals surface area contributed by atoms with Crippen LogP contribution >= 0.6 is 0 Å². The van der Waals surface area contributed by atoms with Gasteiger partial charge in [-0.3, -0.25) is 14.3 Å². The van der Waals surface area contributed by atoms with Gasteiger partial charge in [0.15, 0.2) is 0 Å². The number of amides is 1. The second kappa shape index (κ2) is 7.28. The number of hydrogen-bond acceptors (Lipinski definition) is 3. The zero-order valence-electron chi connectivity index (χ0n) is 15.3. The maximum Gasteiger partial charge on any atom is 0.394 e. The molecule has 0 bridgehead atoms. The number of carbonyl (C=O) groups excluding carboxylic acids is 1. The lowest BCUT2D eigenvalue weighted by molar-refractivity contribution is -0.188. The van der Waals surface area contributed by atoms with E-state index in [1.54, 1.807) is 11.6 Å². The SMILES string of the molecule is Cc1nn(CC(C)C)c(C)c1CC(=O)N1C[C@@H](C(F)(F)F)[C@H](C(=O)O)C1. The Bertz CT molecular complexity index is 697. The second-order valence-corrected chi connectivity index (χ2v) is 7.29. The molecule has 146 valence electrons. The van der Waals surface area contributed by atoms with Crippen LogP contribution in [0.2, 0.25) is 0 Å². The highest BCUT2D eigenvalue weighted by molar-refractivity contribution is 5.81. The molecule has 0 spiro atoms. The molecular weight excluding hydrogens is 351 g/mol. The molecule has 2 atom stereocenters. The van der Waals surface area contributed by atoms with E-state index in [1.807, 2.05) is 20.8 Å². The lowest BCUT2D eigenvalue weighted by Gasteiger charge is -2.18. The predicted molar refractivity (Wildman–Crippen MR) is 87.5 cm³/mol. The summed E-state index contributed by atoms with van der Waals surface area (Å²) in [5.74, 6) is -5.32. The van der Waals surface area contributed by atoms with E-state index in [9.17, 15) is 22.8 Å². The molecular formula is C17H24F3N3O3. The molecule has 0 aromatic carbocycles. The first-order valence-corrected chi connectivity index (χ1v) is 8.52. The van der Waals surface area contributed by atoms with Gasteiger partial charge in [-0.15, -0.1) is 0 Å². The largest absolute Gasteiger partial charge is 0.481 e. The van der Waals surface area contributed by atoms with Crippen molar-refractivity contribution in [1.29, 1.82) is 0 Å². The number of carboxylic acids is 1. The Hall–Kier alpha value is -2.06. The number of carboxylic acid groups (broad SMARTS) is 1. The van der Waals surface area contributed by atoms with Gasteiger partial charge in [0.05, 0.1) is 24.0 Å². The molecule has 1 aliphatic rings. The zero-order chi connectivity index (χ0) is 19.8. The number of halogens is 3. The van der Waals surface area contributed by atoms with Crippen LogP contribution in [0.5, 0.6) is 0 Å². The number of alkyl halides is 3. The van der Waals surface area contributed by atoms with Crippen molar-refractivity contribution in [3.8, 4) is 0 Å². The first kappa shape index (κ1) is 20.3. The molecule has 0 saturated carbocycles. The molecule has 26 heavy (non-hydrogen) atoms. The third-order valence-electron chi connectivity index (χ3n) is 4.81. The standard InChI is InChI=1S/C17H24F3N3O3/c1-9(2)6-23-11(4)12(10(3)21-23)5-15(24)22-7-13(16(25)26)14(8-22)17(18,19)20/h9,13-14H,5-8H2,1-4H3,(H,25,26)/t13-,14-/m1/s1. The monoisotopic (exact) mass is 375 g/mol. The highest BCUT2D eigenvalue weighted by Crippen LogP contribution is 2.38. The quantitative estimate of drug-likeness (QED) is 0.858. The molecule has 1 aromatic heterocycles. The van der Waals surface area contributed by atoms with Crippen molar-refractivity contribution in [2.24, 2.45) is 17.8 Å². The van der Waals surface area contributed by atoms with Gasteiger partial charge >= 0.3 is 12.1 Å². The third kappa shape index (κ3) is 4.19. The molecule has 1 fully saturated rings. The fourth-order valence-electron chi connectivity index (χ4n) is 3.37. The van der Waals surface area contributed by atoms with E-state index in [0.29, 0.717) is 23.7 Å². The van der Waals surface area contributed by atoms with Crippen molar-refractivity contribution in [1.82, 2.24) is 14.7 Å². The summed E-state index contributed by atoms with van der Waals surface area (Å²) in [5.41, 5.74) is 2.17. The second-order valence-electron chi connectivity index (χ2n) is 7.29. The summed E-state index contributed by atoms with van der Waals surface area (Å²) in [7, 11) is 0. The Balaban J connectivity index is 2.16. The summed E-state index contributed by atoms with van der Waals surface area (Å²) in [5, 5.41) is 13.5. The Kier molecular flexibility index (Phi) is 5.67. The summed E-state index contributed by atoms with van der Waals surface area (Å²) in [6.45, 7) is 7.31. The van der Waals surface area contributed by atoms with E-state index in [2.05, 4.69) is 5.10 Å². The minimum atomic E-state index is -4.65. The molecule has 1 saturated heterocycles. The molecule has 1 aliphatic heterocycles. The fraction of sp³-hybridized carbons (Fsp3) is 0.706. The van der Waals surface area contributed by atoms with Crippen LogP contribution in [-0.2, 0) is 22.6 Å². The summed E-state index contributed by atoms with van der Waals surface area (Å²) >= 11 is 0. The zero-order valence-corrected chi connectivity index (χ0v) is 15.3. The molecule has 1 N–H and O–H groups in total. The Morgan fingerprint density at radius 3 is 2.35 bits per heavy atom. The van der Waals surface area contributed by atoms with Crippen molar-refractivity contribution in [2.75, 3.05) is 13.1 Å². The van der Waals surface area contributed by atoms with E-state index in [-0.39, 0.29) is 6.42 Å². The highest BCUT2D eigenvalue weighted by atomic mass is 19.4. The van der Waals surface area contributed by atoms with Crippen LogP contribution in [0.1, 0.15) is 30.8 Å². The van der Waals surface area contributed by atoms with Gasteiger partial charge in [-0.25, -0.2) is 0 Å². The molecule has 9 heteroatoms. The van der Waals surface area contributed by atoms with Gasteiger partial charge in [0.1, 0.15) is 0 Å². The Morgan fingerprint density at radius 1 is 1.27 bits per heavy atom. The van der Waals surface area contributed by atoms with Gasteiger partial charge in [0.2, 0.25) is 5.91 Å². The summed E-state index contributed by atoms with van der Waals surface area (Å²) in [6, 6.07) is 0. The van der Waals surface area contributed by atoms with Crippen molar-refractivity contribution >= 4 is 11.9 Å². The van der Waals surface area contributed by atoms with Gasteiger partial charge in [-0.2, -0.15) is 18.3 Å². The molecule has 6 nitrogen and oxygen atoms in total. The van der Waals surface area contributed by atoms with Crippen molar-refractivity contribution < 1.29 is 27.9 Å². The highest BCUT2D eigenvalue weighted by Gasteiger charge is 2.53. The van der Waals surface area contributed by atoms with Crippen LogP contribution in [0.15, 0.2) is 0 Å². The van der Waals surface area contributed by atoms with Crippen LogP contribution in [0.3, 0.4) is 0 Å². The topological polar surface area (TPSA) is 75.4 Å². The number of aryl methyl sites for hydroxylation is 1. The van der Waals surface area contributed by atoms with Crippen LogP contribution in [-0.4, -0.2) is 50.9 Å². The van der Waals surface area contributed by atoms with Crippen LogP contribution in [0.25, 0.3) is 0 Å². The van der Waals surface area contributed by atoms with Crippen molar-refractivity contribution in [3.63, 3.8) is 0 Å². The number of hydrogen-bond donors (Lipinski definition) is 1. The number of likely N-dealkylation sites (tertiary alicyclic amines) is 1. The van der Waals surface area contributed by atoms with Crippen molar-refractivity contribution in [2.45, 2.75) is 46.8 Å². The van der Waals surface area contributed by atoms with E-state index in [1.165, 1.54) is 0 Å². The normalized spacial score (nSPS) is 20.8. The van der Waals surface area contributed by atoms with Crippen LogP contribution in [0, 0.1) is 31.6 Å². The lowest BCUT2D eigenvalue weighted by atomic mass is 9.96. The summed E-state index contributed by atoms with van der Waals surface area (Å²) < 4.78 is 41.0. The minimum Gasteiger partial charge on any atom is -0.481 e. The third-order valence-corrected chi connectivity index (χ3v) is 4.81. The molecule has 1 aromatic rings. The van der Waals surface area contributed by atoms with Gasteiger partial charge in [-0.1, -0.05) is 13.8 Å². The number of nitrogens with zero attached hydrogens (tertiary/aromatic N) is 3. The first-order chi connectivity index (χ1) is 11.9. The maximum atomic E-state index is 13.1. The Morgan fingerprint density at radius 2 is 1.88 bits per heavy atom. The number of aromatic nitrogens is 2. The van der Waals surface area contributed by atoms with E-state index in [0.717, 1.165) is 10.6 Å². The van der Waals surface area contributed by atoms with E-state index in [4.69, 9.17) is 5.11 Å². The molecule has 0 radical (unpaired) electrons. The molecule has 2 heterocycles. The van der Waals surface area contributed by atoms with Gasteiger partial charge < -0.3 is 10.0 Å². The minimum absolute atomic E-state index is 0.0767. The fourth-order valence-corrected chi connectivity index (χ4v) is 3.37. The van der Waals surface area contributed by atoms with Crippen LogP contribution < -0.4 is 0 Å². The number of aliphatic carboxylic acids is 1. The maximum absolute atomic E-state index is 13.1. The summed E-state index contributed by atoms with van der Waals surface area (Å²) in [4.78, 5) is 24.7. The smallest absolute Gasteiger partial charge is 0.394 e. The molecule has 0 unspecified atom stereocenters. The van der Waals surface area contributed by atoms with Crippen molar-refractivity contribution in [3.05, 3.63) is 17.0 Å². The Labute approximate surface area is 150 Å². The number of rotatable bonds is 5. The number of carbonyl (C=O) groups is 2. The average Bonchev–Trinajstić information content (AvgIpc) is 3.04. The first-order valence-electron chi connectivity index (χ1n) is 8.52. The van der Waals surface area contributed by atoms with Gasteiger partial charge in [0.25, 0.3) is 0 Å². The molecule has 2 rings (SSSR count). The summed E-state index contributed by atoms with van der Waals surface area (Å²) in [6.07, 6.45) is -4.72. The average molecular weight is 375 g/mol. The van der Waals surface area contributed by atoms with Crippen LogP contribution in [0.4, 0.5) is 13.2 Å². The van der Waals surface area contributed by atoms with E-state index >= 15 is 0 Å². The lowest BCUT2D eigenvalue weighted by Crippen LogP contribution is -2.34. The predicted octanol–water partition coefficient (Wildman–Crippen LogP) is 2.42. The van der Waals surface area contributed by atoms with E-state index < -0.39 is 43.0 Å². The van der Waals surface area contributed by atoms with Gasteiger partial charge in [-0.05, 0) is 19.8 Å². The molecule has 0 aliphatic carbocycles. The van der Waals surface area contributed by atoms with Gasteiger partial charge in [0, 0.05) is 30.9 Å².